The lowest BCUT2D eigenvalue weighted by Crippen LogP contribution is -2.15. The largest absolute Gasteiger partial charge is 0.338 e. The van der Waals surface area contributed by atoms with Crippen molar-refractivity contribution in [3.63, 3.8) is 0 Å². The van der Waals surface area contributed by atoms with Gasteiger partial charge in [0.15, 0.2) is 0 Å². The number of benzene rings is 1. The molecule has 1 N–H and O–H groups in total. The molecule has 8 heteroatoms. The van der Waals surface area contributed by atoms with Crippen molar-refractivity contribution in [2.75, 3.05) is 5.32 Å². The molecule has 0 unspecified atom stereocenters. The Balaban J connectivity index is 1.41. The highest BCUT2D eigenvalue weighted by molar-refractivity contribution is 5.94. The van der Waals surface area contributed by atoms with E-state index in [-0.39, 0.29) is 35.8 Å². The van der Waals surface area contributed by atoms with Gasteiger partial charge in [-0.3, -0.25) is 9.59 Å². The van der Waals surface area contributed by atoms with Crippen LogP contribution in [-0.2, 0) is 16.6 Å². The van der Waals surface area contributed by atoms with Gasteiger partial charge < -0.3 is 9.84 Å². The van der Waals surface area contributed by atoms with Crippen molar-refractivity contribution in [1.82, 2.24) is 15.1 Å². The normalized spacial score (nSPS) is 17.6. The molecule has 7 nitrogen and oxygen atoms in total. The van der Waals surface area contributed by atoms with Gasteiger partial charge in [-0.1, -0.05) is 44.1 Å². The lowest BCUT2D eigenvalue weighted by Gasteiger charge is -2.10. The zero-order valence-corrected chi connectivity index (χ0v) is 19.2. The van der Waals surface area contributed by atoms with Crippen LogP contribution in [0.4, 0.5) is 10.2 Å². The summed E-state index contributed by atoms with van der Waals surface area (Å²) in [5, 5.41) is 6.51. The quantitative estimate of drug-likeness (QED) is 0.517. The standard InChI is InChI=1S/C25H27FN4O3/c1-14-11-16(17-9-10-27-21(12-17)28-23(32)18-13-19(18)26)6-5-15(14)7-8-20(31)22-29-24(33-30-22)25(2,3)4/h5-6,9-12,18-19H,7-8,13H2,1-4H3,(H,27,28,32)/t18-,19+/m0/s1. The van der Waals surface area contributed by atoms with E-state index in [1.807, 2.05) is 52.0 Å². The maximum atomic E-state index is 13.1. The SMILES string of the molecule is Cc1cc(-c2ccnc(NC(=O)[C@H]3C[C@H]3F)c2)ccc1CCC(=O)c1noc(C(C)(C)C)n1. The highest BCUT2D eigenvalue weighted by Gasteiger charge is 2.43. The van der Waals surface area contributed by atoms with Crippen molar-refractivity contribution >= 4 is 17.5 Å². The first-order valence-corrected chi connectivity index (χ1v) is 11.0. The number of alkyl halides is 1. The molecule has 0 spiro atoms. The summed E-state index contributed by atoms with van der Waals surface area (Å²) in [6.45, 7) is 7.84. The Morgan fingerprint density at radius 1 is 1.18 bits per heavy atom. The number of carbonyl (C=O) groups excluding carboxylic acids is 2. The smallest absolute Gasteiger partial charge is 0.238 e. The number of carbonyl (C=O) groups is 2. The maximum Gasteiger partial charge on any atom is 0.238 e. The summed E-state index contributed by atoms with van der Waals surface area (Å²) < 4.78 is 18.3. The van der Waals surface area contributed by atoms with E-state index < -0.39 is 12.1 Å². The number of rotatable bonds is 7. The van der Waals surface area contributed by atoms with E-state index in [9.17, 15) is 14.0 Å². The minimum Gasteiger partial charge on any atom is -0.338 e. The zero-order chi connectivity index (χ0) is 23.8. The van der Waals surface area contributed by atoms with Crippen LogP contribution in [-0.4, -0.2) is 33.0 Å². The van der Waals surface area contributed by atoms with Crippen molar-refractivity contribution < 1.29 is 18.5 Å². The fourth-order valence-corrected chi connectivity index (χ4v) is 3.49. The number of anilines is 1. The van der Waals surface area contributed by atoms with Crippen LogP contribution in [0.25, 0.3) is 11.1 Å². The summed E-state index contributed by atoms with van der Waals surface area (Å²) in [5.74, 6) is -0.0874. The molecule has 33 heavy (non-hydrogen) atoms. The van der Waals surface area contributed by atoms with Gasteiger partial charge in [-0.05, 0) is 54.2 Å². The molecule has 0 radical (unpaired) electrons. The molecule has 172 valence electrons. The van der Waals surface area contributed by atoms with E-state index in [1.165, 1.54) is 0 Å². The Morgan fingerprint density at radius 2 is 1.91 bits per heavy atom. The van der Waals surface area contributed by atoms with Crippen molar-refractivity contribution in [3.05, 3.63) is 59.4 Å². The number of nitrogens with zero attached hydrogens (tertiary/aromatic N) is 3. The first kappa shape index (κ1) is 22.8. The predicted molar refractivity (Wildman–Crippen MR) is 122 cm³/mol. The third-order valence-corrected chi connectivity index (χ3v) is 5.67. The van der Waals surface area contributed by atoms with Gasteiger partial charge in [0.2, 0.25) is 23.4 Å². The molecule has 1 amide bonds. The van der Waals surface area contributed by atoms with E-state index in [4.69, 9.17) is 4.52 Å². The molecular weight excluding hydrogens is 423 g/mol. The fraction of sp³-hybridized carbons (Fsp3) is 0.400. The number of halogens is 1. The van der Waals surface area contributed by atoms with Gasteiger partial charge >= 0.3 is 0 Å². The summed E-state index contributed by atoms with van der Waals surface area (Å²) in [4.78, 5) is 32.9. The van der Waals surface area contributed by atoms with Gasteiger partial charge in [0, 0.05) is 18.0 Å². The number of aryl methyl sites for hydroxylation is 2. The molecule has 2 atom stereocenters. The van der Waals surface area contributed by atoms with E-state index in [2.05, 4.69) is 20.4 Å². The molecule has 0 saturated heterocycles. The number of pyridine rings is 1. The Hall–Kier alpha value is -3.42. The average molecular weight is 451 g/mol. The van der Waals surface area contributed by atoms with E-state index in [1.54, 1.807) is 12.3 Å². The average Bonchev–Trinajstić information content (AvgIpc) is 3.28. The van der Waals surface area contributed by atoms with Crippen LogP contribution in [0.2, 0.25) is 0 Å². The number of amides is 1. The topological polar surface area (TPSA) is 98.0 Å². The van der Waals surface area contributed by atoms with E-state index in [0.29, 0.717) is 18.1 Å². The van der Waals surface area contributed by atoms with Gasteiger partial charge in [0.05, 0.1) is 5.92 Å². The van der Waals surface area contributed by atoms with Gasteiger partial charge in [-0.15, -0.1) is 0 Å². The van der Waals surface area contributed by atoms with Crippen LogP contribution in [0, 0.1) is 12.8 Å². The van der Waals surface area contributed by atoms with Crippen LogP contribution in [0.3, 0.4) is 0 Å². The predicted octanol–water partition coefficient (Wildman–Crippen LogP) is 4.85. The Kier molecular flexibility index (Phi) is 6.10. The molecule has 1 aliphatic carbocycles. The minimum atomic E-state index is -1.05. The number of nitrogens with one attached hydrogen (secondary N) is 1. The molecule has 0 aliphatic heterocycles. The summed E-state index contributed by atoms with van der Waals surface area (Å²) in [6, 6.07) is 9.62. The van der Waals surface area contributed by atoms with Gasteiger partial charge in [0.1, 0.15) is 12.0 Å². The molecule has 1 aromatic carbocycles. The highest BCUT2D eigenvalue weighted by Crippen LogP contribution is 2.35. The van der Waals surface area contributed by atoms with Gasteiger partial charge in [-0.25, -0.2) is 9.37 Å². The number of hydrogen-bond donors (Lipinski definition) is 1. The van der Waals surface area contributed by atoms with Crippen molar-refractivity contribution in [2.45, 2.75) is 58.5 Å². The monoisotopic (exact) mass is 450 g/mol. The summed E-state index contributed by atoms with van der Waals surface area (Å²) in [6.07, 6.45) is 1.69. The lowest BCUT2D eigenvalue weighted by atomic mass is 9.96. The van der Waals surface area contributed by atoms with Crippen LogP contribution < -0.4 is 5.32 Å². The molecule has 1 fully saturated rings. The van der Waals surface area contributed by atoms with Gasteiger partial charge in [0.25, 0.3) is 0 Å². The lowest BCUT2D eigenvalue weighted by molar-refractivity contribution is -0.117. The third kappa shape index (κ3) is 5.32. The summed E-state index contributed by atoms with van der Waals surface area (Å²) in [5.41, 5.74) is 3.64. The van der Waals surface area contributed by atoms with E-state index >= 15 is 0 Å². The number of Topliss-reactive ketones (excluding diaryl/α,β-unsaturated/α-hetero) is 1. The summed E-state index contributed by atoms with van der Waals surface area (Å²) >= 11 is 0. The molecule has 2 aromatic heterocycles. The fourth-order valence-electron chi connectivity index (χ4n) is 3.49. The molecule has 1 saturated carbocycles. The second-order valence-corrected chi connectivity index (χ2v) is 9.51. The van der Waals surface area contributed by atoms with Crippen molar-refractivity contribution in [2.24, 2.45) is 5.92 Å². The van der Waals surface area contributed by atoms with Crippen molar-refractivity contribution in [3.8, 4) is 11.1 Å². The van der Waals surface area contributed by atoms with Crippen LogP contribution in [0.15, 0.2) is 41.1 Å². The number of hydrogen-bond acceptors (Lipinski definition) is 6. The molecule has 3 aromatic rings. The number of aromatic nitrogens is 3. The molecular formula is C25H27FN4O3. The molecule has 4 rings (SSSR count). The number of ketones is 1. The Morgan fingerprint density at radius 3 is 2.55 bits per heavy atom. The molecule has 0 bridgehead atoms. The van der Waals surface area contributed by atoms with Gasteiger partial charge in [-0.2, -0.15) is 4.98 Å². The zero-order valence-electron chi connectivity index (χ0n) is 19.2. The first-order valence-electron chi connectivity index (χ1n) is 11.0. The third-order valence-electron chi connectivity index (χ3n) is 5.67. The summed E-state index contributed by atoms with van der Waals surface area (Å²) in [7, 11) is 0. The van der Waals surface area contributed by atoms with Crippen LogP contribution in [0.5, 0.6) is 0 Å². The Labute approximate surface area is 191 Å². The minimum absolute atomic E-state index is 0.117. The second-order valence-electron chi connectivity index (χ2n) is 9.51. The molecule has 2 heterocycles. The molecule has 1 aliphatic rings. The van der Waals surface area contributed by atoms with Crippen LogP contribution >= 0.6 is 0 Å². The second kappa shape index (κ2) is 8.84. The maximum absolute atomic E-state index is 13.1. The Bertz CT molecular complexity index is 1200. The van der Waals surface area contributed by atoms with Crippen LogP contribution in [0.1, 0.15) is 61.2 Å². The van der Waals surface area contributed by atoms with Crippen molar-refractivity contribution in [1.29, 1.82) is 0 Å². The highest BCUT2D eigenvalue weighted by atomic mass is 19.1. The first-order chi connectivity index (χ1) is 15.6. The van der Waals surface area contributed by atoms with E-state index in [0.717, 1.165) is 22.3 Å².